The lowest BCUT2D eigenvalue weighted by Crippen LogP contribution is -2.63. The van der Waals surface area contributed by atoms with Crippen molar-refractivity contribution in [3.63, 3.8) is 0 Å². The summed E-state index contributed by atoms with van der Waals surface area (Å²) in [4.78, 5) is 2.60. The second-order valence-electron chi connectivity index (χ2n) is 4.86. The highest BCUT2D eigenvalue weighted by atomic mass is 32.2. The molecule has 0 unspecified atom stereocenters. The molecule has 0 saturated carbocycles. The van der Waals surface area contributed by atoms with E-state index in [9.17, 15) is 0 Å². The van der Waals surface area contributed by atoms with E-state index in [1.807, 2.05) is 11.8 Å². The Morgan fingerprint density at radius 1 is 1.25 bits per heavy atom. The van der Waals surface area contributed by atoms with Gasteiger partial charge in [-0.1, -0.05) is 24.3 Å². The predicted molar refractivity (Wildman–Crippen MR) is 69.7 cm³/mol. The second kappa shape index (κ2) is 4.06. The molecule has 3 rings (SSSR count). The highest BCUT2D eigenvalue weighted by molar-refractivity contribution is 8.00. The Kier molecular flexibility index (Phi) is 2.70. The van der Waals surface area contributed by atoms with Gasteiger partial charge in [-0.25, -0.2) is 0 Å². The average molecular weight is 234 g/mol. The molecule has 0 amide bonds. The van der Waals surface area contributed by atoms with Crippen molar-refractivity contribution in [2.45, 2.75) is 18.5 Å². The number of hydrogen-bond donors (Lipinski definition) is 1. The van der Waals surface area contributed by atoms with Gasteiger partial charge < -0.3 is 5.73 Å². The fraction of sp³-hybridized carbons (Fsp3) is 0.538. The topological polar surface area (TPSA) is 29.3 Å². The summed E-state index contributed by atoms with van der Waals surface area (Å²) in [7, 11) is 0. The van der Waals surface area contributed by atoms with Gasteiger partial charge in [-0.15, -0.1) is 0 Å². The summed E-state index contributed by atoms with van der Waals surface area (Å²) in [6.45, 7) is 3.07. The van der Waals surface area contributed by atoms with Crippen LogP contribution in [0.3, 0.4) is 0 Å². The highest BCUT2D eigenvalue weighted by Gasteiger charge is 2.42. The summed E-state index contributed by atoms with van der Waals surface area (Å²) < 4.78 is 0. The van der Waals surface area contributed by atoms with Crippen LogP contribution in [0.1, 0.15) is 11.1 Å². The SMILES string of the molecule is NCC1(N2CCc3ccccc3C2)CSC1. The molecule has 2 nitrogen and oxygen atoms in total. The lowest BCUT2D eigenvalue weighted by Gasteiger charge is -2.50. The van der Waals surface area contributed by atoms with Crippen LogP contribution in [0.4, 0.5) is 0 Å². The maximum atomic E-state index is 5.96. The number of rotatable bonds is 2. The summed E-state index contributed by atoms with van der Waals surface area (Å²) in [5.74, 6) is 2.43. The van der Waals surface area contributed by atoms with Gasteiger partial charge in [0.15, 0.2) is 0 Å². The van der Waals surface area contributed by atoms with Gasteiger partial charge in [0.05, 0.1) is 5.54 Å². The Morgan fingerprint density at radius 2 is 2.00 bits per heavy atom. The number of thioether (sulfide) groups is 1. The Bertz CT molecular complexity index is 382. The summed E-state index contributed by atoms with van der Waals surface area (Å²) in [6, 6.07) is 8.81. The molecular weight excluding hydrogens is 216 g/mol. The first-order valence-electron chi connectivity index (χ1n) is 5.94. The minimum absolute atomic E-state index is 0.304. The molecule has 3 heteroatoms. The van der Waals surface area contributed by atoms with Crippen molar-refractivity contribution in [1.29, 1.82) is 0 Å². The molecule has 1 fully saturated rings. The quantitative estimate of drug-likeness (QED) is 0.840. The number of nitrogens with zero attached hydrogens (tertiary/aromatic N) is 1. The lowest BCUT2D eigenvalue weighted by atomic mass is 9.93. The lowest BCUT2D eigenvalue weighted by molar-refractivity contribution is 0.110. The molecule has 2 N–H and O–H groups in total. The average Bonchev–Trinajstić information content (AvgIpc) is 2.28. The van der Waals surface area contributed by atoms with Gasteiger partial charge in [-0.2, -0.15) is 11.8 Å². The van der Waals surface area contributed by atoms with Gasteiger partial charge >= 0.3 is 0 Å². The van der Waals surface area contributed by atoms with Gasteiger partial charge in [0.25, 0.3) is 0 Å². The van der Waals surface area contributed by atoms with Gasteiger partial charge in [0, 0.05) is 31.1 Å². The molecule has 2 aliphatic heterocycles. The zero-order valence-corrected chi connectivity index (χ0v) is 10.3. The minimum atomic E-state index is 0.304. The summed E-state index contributed by atoms with van der Waals surface area (Å²) in [6.07, 6.45) is 1.18. The van der Waals surface area contributed by atoms with E-state index in [1.54, 1.807) is 0 Å². The molecule has 1 aromatic carbocycles. The largest absolute Gasteiger partial charge is 0.329 e. The van der Waals surface area contributed by atoms with Crippen LogP contribution >= 0.6 is 11.8 Å². The first kappa shape index (κ1) is 10.6. The van der Waals surface area contributed by atoms with Crippen molar-refractivity contribution in [1.82, 2.24) is 4.90 Å². The predicted octanol–water partition coefficient (Wildman–Crippen LogP) is 1.49. The Hall–Kier alpha value is -0.510. The van der Waals surface area contributed by atoms with E-state index in [4.69, 9.17) is 5.73 Å². The van der Waals surface area contributed by atoms with Crippen LogP contribution in [0.5, 0.6) is 0 Å². The smallest absolute Gasteiger partial charge is 0.0515 e. The van der Waals surface area contributed by atoms with Crippen LogP contribution in [0.15, 0.2) is 24.3 Å². The summed E-state index contributed by atoms with van der Waals surface area (Å²) >= 11 is 2.02. The van der Waals surface area contributed by atoms with Gasteiger partial charge in [-0.3, -0.25) is 4.90 Å². The van der Waals surface area contributed by atoms with E-state index in [0.29, 0.717) is 5.54 Å². The van der Waals surface area contributed by atoms with E-state index in [1.165, 1.54) is 35.6 Å². The van der Waals surface area contributed by atoms with E-state index in [0.717, 1.165) is 13.1 Å². The summed E-state index contributed by atoms with van der Waals surface area (Å²) in [5, 5.41) is 0. The Labute approximate surface area is 101 Å². The Balaban J connectivity index is 1.82. The molecule has 0 aliphatic carbocycles. The maximum absolute atomic E-state index is 5.96. The van der Waals surface area contributed by atoms with E-state index in [2.05, 4.69) is 29.2 Å². The molecule has 2 aliphatic rings. The van der Waals surface area contributed by atoms with Crippen LogP contribution in [0, 0.1) is 0 Å². The van der Waals surface area contributed by atoms with Crippen molar-refractivity contribution in [2.24, 2.45) is 5.73 Å². The van der Waals surface area contributed by atoms with Crippen LogP contribution < -0.4 is 5.73 Å². The zero-order chi connectivity index (χ0) is 11.0. The van der Waals surface area contributed by atoms with Crippen LogP contribution in [0.25, 0.3) is 0 Å². The van der Waals surface area contributed by atoms with Crippen molar-refractivity contribution in [2.75, 3.05) is 24.6 Å². The fourth-order valence-corrected chi connectivity index (χ4v) is 3.94. The minimum Gasteiger partial charge on any atom is -0.329 e. The normalized spacial score (nSPS) is 23.6. The van der Waals surface area contributed by atoms with E-state index >= 15 is 0 Å². The van der Waals surface area contributed by atoms with Gasteiger partial charge in [-0.05, 0) is 17.5 Å². The molecule has 86 valence electrons. The number of fused-ring (bicyclic) bond motifs is 1. The molecule has 0 aromatic heterocycles. The van der Waals surface area contributed by atoms with Crippen LogP contribution in [-0.2, 0) is 13.0 Å². The number of benzene rings is 1. The molecule has 1 aromatic rings. The Morgan fingerprint density at radius 3 is 2.62 bits per heavy atom. The van der Waals surface area contributed by atoms with Gasteiger partial charge in [0.2, 0.25) is 0 Å². The third-order valence-corrected chi connectivity index (χ3v) is 5.41. The van der Waals surface area contributed by atoms with Crippen molar-refractivity contribution in [3.05, 3.63) is 35.4 Å². The third-order valence-electron chi connectivity index (χ3n) is 3.92. The first-order chi connectivity index (χ1) is 7.84. The molecule has 2 heterocycles. The van der Waals surface area contributed by atoms with Crippen molar-refractivity contribution < 1.29 is 0 Å². The molecular formula is C13H18N2S. The van der Waals surface area contributed by atoms with E-state index < -0.39 is 0 Å². The van der Waals surface area contributed by atoms with E-state index in [-0.39, 0.29) is 0 Å². The fourth-order valence-electron chi connectivity index (χ4n) is 2.67. The molecule has 0 atom stereocenters. The monoisotopic (exact) mass is 234 g/mol. The summed E-state index contributed by atoms with van der Waals surface area (Å²) in [5.41, 5.74) is 9.29. The number of nitrogens with two attached hydrogens (primary N) is 1. The maximum Gasteiger partial charge on any atom is 0.0515 e. The highest BCUT2D eigenvalue weighted by Crippen LogP contribution is 2.37. The molecule has 0 spiro atoms. The number of hydrogen-bond acceptors (Lipinski definition) is 3. The molecule has 1 saturated heterocycles. The van der Waals surface area contributed by atoms with Crippen LogP contribution in [0.2, 0.25) is 0 Å². The first-order valence-corrected chi connectivity index (χ1v) is 7.09. The molecule has 0 bridgehead atoms. The second-order valence-corrected chi connectivity index (χ2v) is 5.85. The van der Waals surface area contributed by atoms with Crippen molar-refractivity contribution >= 4 is 11.8 Å². The third kappa shape index (κ3) is 1.58. The van der Waals surface area contributed by atoms with Crippen molar-refractivity contribution in [3.8, 4) is 0 Å². The standard InChI is InChI=1S/C13H18N2S/c14-8-13(9-16-10-13)15-6-5-11-3-1-2-4-12(11)7-15/h1-4H,5-10,14H2. The molecule has 0 radical (unpaired) electrons. The molecule has 16 heavy (non-hydrogen) atoms. The van der Waals surface area contributed by atoms with Crippen LogP contribution in [-0.4, -0.2) is 35.0 Å². The van der Waals surface area contributed by atoms with Gasteiger partial charge in [0.1, 0.15) is 0 Å². The zero-order valence-electron chi connectivity index (χ0n) is 9.48.